The molecule has 6 rings (SSSR count). The Bertz CT molecular complexity index is 1450. The van der Waals surface area contributed by atoms with Gasteiger partial charge in [0.05, 0.1) is 5.69 Å². The van der Waals surface area contributed by atoms with E-state index in [2.05, 4.69) is 33.2 Å². The van der Waals surface area contributed by atoms with Gasteiger partial charge in [-0.15, -0.1) is 12.4 Å². The summed E-state index contributed by atoms with van der Waals surface area (Å²) in [6.07, 6.45) is 3.10. The summed E-state index contributed by atoms with van der Waals surface area (Å²) >= 11 is 0. The van der Waals surface area contributed by atoms with Crippen LogP contribution in [0.1, 0.15) is 28.2 Å². The molecule has 4 aromatic rings. The zero-order valence-corrected chi connectivity index (χ0v) is 22.7. The van der Waals surface area contributed by atoms with Crippen molar-refractivity contribution in [2.45, 2.75) is 18.8 Å². The van der Waals surface area contributed by atoms with Gasteiger partial charge >= 0.3 is 0 Å². The van der Waals surface area contributed by atoms with Gasteiger partial charge in [0.25, 0.3) is 0 Å². The van der Waals surface area contributed by atoms with E-state index in [0.717, 1.165) is 60.8 Å². The van der Waals surface area contributed by atoms with E-state index in [-0.39, 0.29) is 30.0 Å². The maximum Gasteiger partial charge on any atom is 0.227 e. The highest BCUT2D eigenvalue weighted by molar-refractivity contribution is 5.85. The van der Waals surface area contributed by atoms with Crippen LogP contribution >= 0.6 is 12.4 Å². The van der Waals surface area contributed by atoms with Gasteiger partial charge in [-0.2, -0.15) is 0 Å². The highest BCUT2D eigenvalue weighted by atomic mass is 35.5. The molecule has 0 saturated carbocycles. The number of benzene rings is 3. The van der Waals surface area contributed by atoms with Crippen molar-refractivity contribution < 1.29 is 8.78 Å². The number of hydrogen-bond donors (Lipinski definition) is 1. The number of hydrogen-bond acceptors (Lipinski definition) is 5. The zero-order valence-electron chi connectivity index (χ0n) is 21.9. The van der Waals surface area contributed by atoms with Crippen LogP contribution in [0.15, 0.2) is 72.9 Å². The minimum Gasteiger partial charge on any atom is -0.324 e. The molecule has 39 heavy (non-hydrogen) atoms. The predicted molar refractivity (Wildman–Crippen MR) is 154 cm³/mol. The smallest absolute Gasteiger partial charge is 0.227 e. The Hall–Kier alpha value is -3.39. The maximum atomic E-state index is 14.7. The molecule has 1 aliphatic carbocycles. The molecule has 8 heteroatoms. The fourth-order valence-corrected chi connectivity index (χ4v) is 5.55. The summed E-state index contributed by atoms with van der Waals surface area (Å²) in [5.41, 5.74) is 6.00. The van der Waals surface area contributed by atoms with Gasteiger partial charge in [0.15, 0.2) is 0 Å². The second kappa shape index (κ2) is 11.8. The number of anilines is 2. The van der Waals surface area contributed by atoms with Gasteiger partial charge in [-0.1, -0.05) is 42.5 Å². The first kappa shape index (κ1) is 27.2. The molecule has 1 atom stereocenters. The van der Waals surface area contributed by atoms with E-state index in [0.29, 0.717) is 29.9 Å². The van der Waals surface area contributed by atoms with Crippen molar-refractivity contribution in [3.05, 3.63) is 107 Å². The molecule has 1 aromatic heterocycles. The highest BCUT2D eigenvalue weighted by Crippen LogP contribution is 2.42. The molecule has 0 amide bonds. The van der Waals surface area contributed by atoms with Crippen molar-refractivity contribution in [3.63, 3.8) is 0 Å². The van der Waals surface area contributed by atoms with Crippen molar-refractivity contribution in [1.82, 2.24) is 19.8 Å². The van der Waals surface area contributed by atoms with E-state index in [4.69, 9.17) is 4.98 Å². The van der Waals surface area contributed by atoms with Crippen LogP contribution < -0.4 is 5.32 Å². The SMILES string of the molecule is CN1CCN(CCc2cc(Nc3ncc4c(n3)-c3ccccc3C(c3ccccc3F)C4)ccc2F)CC1.Cl. The average molecular weight is 548 g/mol. The molecule has 3 aromatic carbocycles. The summed E-state index contributed by atoms with van der Waals surface area (Å²) in [7, 11) is 2.13. The molecule has 2 heterocycles. The molecule has 0 spiro atoms. The average Bonchev–Trinajstić information content (AvgIpc) is 2.94. The Morgan fingerprint density at radius 2 is 1.64 bits per heavy atom. The summed E-state index contributed by atoms with van der Waals surface area (Å²) in [4.78, 5) is 14.1. The lowest BCUT2D eigenvalue weighted by atomic mass is 9.78. The van der Waals surface area contributed by atoms with Crippen molar-refractivity contribution in [2.24, 2.45) is 0 Å². The van der Waals surface area contributed by atoms with Crippen molar-refractivity contribution in [2.75, 3.05) is 45.1 Å². The third-order valence-electron chi connectivity index (χ3n) is 7.76. The second-order valence-electron chi connectivity index (χ2n) is 10.3. The Balaban J connectivity index is 0.00000308. The second-order valence-corrected chi connectivity index (χ2v) is 10.3. The predicted octanol–water partition coefficient (Wildman–Crippen LogP) is 6.07. The number of piperazine rings is 1. The number of nitrogens with one attached hydrogen (secondary N) is 1. The fourth-order valence-electron chi connectivity index (χ4n) is 5.55. The van der Waals surface area contributed by atoms with Crippen LogP contribution in [0.5, 0.6) is 0 Å². The number of aromatic nitrogens is 2. The molecule has 1 N–H and O–H groups in total. The van der Waals surface area contributed by atoms with Crippen LogP contribution in [-0.2, 0) is 12.8 Å². The van der Waals surface area contributed by atoms with Crippen LogP contribution in [0.4, 0.5) is 20.4 Å². The molecule has 2 aliphatic rings. The number of halogens is 3. The number of rotatable bonds is 6. The lowest BCUT2D eigenvalue weighted by molar-refractivity contribution is 0.155. The molecule has 1 saturated heterocycles. The summed E-state index contributed by atoms with van der Waals surface area (Å²) in [5, 5.41) is 3.28. The van der Waals surface area contributed by atoms with Gasteiger partial charge < -0.3 is 15.1 Å². The maximum absolute atomic E-state index is 14.7. The van der Waals surface area contributed by atoms with Gasteiger partial charge in [-0.3, -0.25) is 0 Å². The number of fused-ring (bicyclic) bond motifs is 3. The molecule has 202 valence electrons. The van der Waals surface area contributed by atoms with E-state index in [1.54, 1.807) is 12.1 Å². The minimum absolute atomic E-state index is 0. The van der Waals surface area contributed by atoms with Crippen LogP contribution in [0.25, 0.3) is 11.3 Å². The van der Waals surface area contributed by atoms with Gasteiger partial charge in [-0.05, 0) is 66.4 Å². The molecule has 1 unspecified atom stereocenters. The quantitative estimate of drug-likeness (QED) is 0.318. The van der Waals surface area contributed by atoms with E-state index >= 15 is 0 Å². The number of nitrogens with zero attached hydrogens (tertiary/aromatic N) is 4. The summed E-state index contributed by atoms with van der Waals surface area (Å²) < 4.78 is 29.3. The van der Waals surface area contributed by atoms with Crippen LogP contribution in [0.2, 0.25) is 0 Å². The van der Waals surface area contributed by atoms with Crippen LogP contribution in [0, 0.1) is 11.6 Å². The largest absolute Gasteiger partial charge is 0.324 e. The summed E-state index contributed by atoms with van der Waals surface area (Å²) in [5.74, 6) is -0.0272. The van der Waals surface area contributed by atoms with Gasteiger partial charge in [0.1, 0.15) is 11.6 Å². The first-order valence-corrected chi connectivity index (χ1v) is 13.2. The lowest BCUT2D eigenvalue weighted by Gasteiger charge is -2.32. The third kappa shape index (κ3) is 5.81. The number of likely N-dealkylation sites (N-methyl/N-ethyl adjacent to an activating group) is 1. The van der Waals surface area contributed by atoms with Gasteiger partial charge in [-0.25, -0.2) is 18.7 Å². The Labute approximate surface area is 234 Å². The first-order valence-electron chi connectivity index (χ1n) is 13.2. The Morgan fingerprint density at radius 1 is 0.897 bits per heavy atom. The van der Waals surface area contributed by atoms with Gasteiger partial charge in [0.2, 0.25) is 5.95 Å². The molecule has 1 fully saturated rings. The van der Waals surface area contributed by atoms with Crippen LogP contribution in [0.3, 0.4) is 0 Å². The van der Waals surface area contributed by atoms with Crippen molar-refractivity contribution in [1.29, 1.82) is 0 Å². The Morgan fingerprint density at radius 3 is 2.44 bits per heavy atom. The molecule has 5 nitrogen and oxygen atoms in total. The monoisotopic (exact) mass is 547 g/mol. The molecule has 0 bridgehead atoms. The van der Waals surface area contributed by atoms with Gasteiger partial charge in [0, 0.05) is 56.1 Å². The van der Waals surface area contributed by atoms with Crippen LogP contribution in [-0.4, -0.2) is 59.5 Å². The lowest BCUT2D eigenvalue weighted by Crippen LogP contribution is -2.45. The summed E-state index contributed by atoms with van der Waals surface area (Å²) in [6, 6.07) is 20.1. The van der Waals surface area contributed by atoms with E-state index in [1.165, 1.54) is 12.1 Å². The molecular weight excluding hydrogens is 516 g/mol. The standard InChI is InChI=1S/C31H31F2N5.ClH/c1-37-14-16-38(17-15-37)13-12-21-18-23(10-11-28(21)32)35-31-34-20-22-19-27(25-7-4-5-9-29(25)33)24-6-2-3-8-26(24)30(22)36-31;/h2-11,18,20,27H,12-17,19H2,1H3,(H,34,35,36);1H. The normalized spacial score (nSPS) is 17.2. The molecular formula is C31H32ClF2N5. The fraction of sp³-hybridized carbons (Fsp3) is 0.290. The minimum atomic E-state index is -0.199. The van der Waals surface area contributed by atoms with E-state index in [9.17, 15) is 8.78 Å². The van der Waals surface area contributed by atoms with E-state index in [1.807, 2.05) is 42.6 Å². The molecule has 1 aliphatic heterocycles. The summed E-state index contributed by atoms with van der Waals surface area (Å²) in [6.45, 7) is 4.95. The Kier molecular flexibility index (Phi) is 8.21. The van der Waals surface area contributed by atoms with Crippen molar-refractivity contribution >= 4 is 24.0 Å². The topological polar surface area (TPSA) is 44.3 Å². The zero-order chi connectivity index (χ0) is 26.1. The molecule has 0 radical (unpaired) electrons. The first-order chi connectivity index (χ1) is 18.5. The third-order valence-corrected chi connectivity index (χ3v) is 7.76. The van der Waals surface area contributed by atoms with E-state index < -0.39 is 0 Å². The van der Waals surface area contributed by atoms with Crippen molar-refractivity contribution in [3.8, 4) is 11.3 Å². The highest BCUT2D eigenvalue weighted by Gasteiger charge is 2.29.